The van der Waals surface area contributed by atoms with E-state index in [0.717, 1.165) is 37.5 Å². The number of nitrogens with zero attached hydrogens (tertiary/aromatic N) is 3. The molecule has 0 bridgehead atoms. The predicted octanol–water partition coefficient (Wildman–Crippen LogP) is 1.68. The van der Waals surface area contributed by atoms with Gasteiger partial charge in [-0.25, -0.2) is 0 Å². The van der Waals surface area contributed by atoms with Gasteiger partial charge in [0.15, 0.2) is 5.96 Å². The molecule has 3 rings (SSSR count). The van der Waals surface area contributed by atoms with E-state index >= 15 is 0 Å². The molecule has 1 spiro atoms. The summed E-state index contributed by atoms with van der Waals surface area (Å²) < 4.78 is 5.52. The molecule has 5 heteroatoms. The SMILES string of the molecule is COc1ccccc1N1C(N)=NCC12CCN(C(C)C)C2. The van der Waals surface area contributed by atoms with Gasteiger partial charge < -0.3 is 10.5 Å². The molecule has 1 aromatic rings. The Kier molecular flexibility index (Phi) is 3.53. The van der Waals surface area contributed by atoms with Crippen LogP contribution in [0.2, 0.25) is 0 Å². The Bertz CT molecular complexity index is 557. The third-order valence-electron chi connectivity index (χ3n) is 4.66. The predicted molar refractivity (Wildman–Crippen MR) is 86.0 cm³/mol. The van der Waals surface area contributed by atoms with Crippen LogP contribution in [0.1, 0.15) is 20.3 Å². The number of nitrogens with two attached hydrogens (primary N) is 1. The number of aliphatic imine (C=N–C) groups is 1. The van der Waals surface area contributed by atoms with E-state index in [-0.39, 0.29) is 5.54 Å². The van der Waals surface area contributed by atoms with Crippen LogP contribution >= 0.6 is 0 Å². The van der Waals surface area contributed by atoms with E-state index < -0.39 is 0 Å². The number of anilines is 1. The molecule has 114 valence electrons. The first-order valence-electron chi connectivity index (χ1n) is 7.55. The van der Waals surface area contributed by atoms with Gasteiger partial charge in [0.1, 0.15) is 5.75 Å². The van der Waals surface area contributed by atoms with Gasteiger partial charge in [-0.3, -0.25) is 14.8 Å². The van der Waals surface area contributed by atoms with Crippen molar-refractivity contribution in [3.8, 4) is 5.75 Å². The zero-order chi connectivity index (χ0) is 15.0. The number of rotatable bonds is 3. The summed E-state index contributed by atoms with van der Waals surface area (Å²) in [5, 5.41) is 0. The van der Waals surface area contributed by atoms with Crippen LogP contribution in [-0.2, 0) is 0 Å². The maximum atomic E-state index is 6.21. The molecule has 5 nitrogen and oxygen atoms in total. The minimum Gasteiger partial charge on any atom is -0.495 e. The number of methoxy groups -OCH3 is 1. The fourth-order valence-corrected chi connectivity index (χ4v) is 3.45. The van der Waals surface area contributed by atoms with Crippen LogP contribution in [0.5, 0.6) is 5.75 Å². The van der Waals surface area contributed by atoms with Gasteiger partial charge >= 0.3 is 0 Å². The number of ether oxygens (including phenoxy) is 1. The minimum atomic E-state index is -0.0248. The molecule has 0 amide bonds. The highest BCUT2D eigenvalue weighted by molar-refractivity contribution is 5.99. The first-order chi connectivity index (χ1) is 10.1. The average Bonchev–Trinajstić information content (AvgIpc) is 3.04. The lowest BCUT2D eigenvalue weighted by Crippen LogP contribution is -2.54. The molecular formula is C16H24N4O. The van der Waals surface area contributed by atoms with E-state index in [2.05, 4.69) is 34.7 Å². The van der Waals surface area contributed by atoms with Crippen molar-refractivity contribution in [1.29, 1.82) is 0 Å². The summed E-state index contributed by atoms with van der Waals surface area (Å²) in [5.74, 6) is 1.45. The van der Waals surface area contributed by atoms with Gasteiger partial charge in [-0.05, 0) is 32.4 Å². The van der Waals surface area contributed by atoms with Crippen LogP contribution in [0.3, 0.4) is 0 Å². The van der Waals surface area contributed by atoms with Crippen LogP contribution in [0.4, 0.5) is 5.69 Å². The molecule has 2 N–H and O–H groups in total. The highest BCUT2D eigenvalue weighted by Gasteiger charge is 2.48. The highest BCUT2D eigenvalue weighted by atomic mass is 16.5. The van der Waals surface area contributed by atoms with E-state index in [0.29, 0.717) is 12.0 Å². The van der Waals surface area contributed by atoms with Crippen LogP contribution < -0.4 is 15.4 Å². The Hall–Kier alpha value is -1.75. The van der Waals surface area contributed by atoms with Gasteiger partial charge in [0, 0.05) is 19.1 Å². The average molecular weight is 288 g/mol. The van der Waals surface area contributed by atoms with E-state index in [1.165, 1.54) is 0 Å². The summed E-state index contributed by atoms with van der Waals surface area (Å²) in [7, 11) is 1.70. The Labute approximate surface area is 126 Å². The molecule has 2 aliphatic heterocycles. The molecule has 2 aliphatic rings. The molecule has 0 saturated carbocycles. The van der Waals surface area contributed by atoms with Gasteiger partial charge in [-0.15, -0.1) is 0 Å². The fraction of sp³-hybridized carbons (Fsp3) is 0.562. The number of benzene rings is 1. The maximum Gasteiger partial charge on any atom is 0.196 e. The number of guanidine groups is 1. The molecule has 1 saturated heterocycles. The molecule has 21 heavy (non-hydrogen) atoms. The lowest BCUT2D eigenvalue weighted by molar-refractivity contribution is 0.260. The van der Waals surface area contributed by atoms with Crippen LogP contribution in [0.25, 0.3) is 0 Å². The molecule has 1 atom stereocenters. The normalized spacial score (nSPS) is 25.9. The van der Waals surface area contributed by atoms with Gasteiger partial charge in [-0.2, -0.15) is 0 Å². The minimum absolute atomic E-state index is 0.0248. The monoisotopic (exact) mass is 288 g/mol. The van der Waals surface area contributed by atoms with Gasteiger partial charge in [0.05, 0.1) is 24.9 Å². The first-order valence-corrected chi connectivity index (χ1v) is 7.55. The second-order valence-electron chi connectivity index (χ2n) is 6.22. The Balaban J connectivity index is 1.97. The van der Waals surface area contributed by atoms with Crippen molar-refractivity contribution in [1.82, 2.24) is 4.90 Å². The van der Waals surface area contributed by atoms with Gasteiger partial charge in [0.25, 0.3) is 0 Å². The quantitative estimate of drug-likeness (QED) is 0.919. The molecule has 1 unspecified atom stereocenters. The molecule has 0 radical (unpaired) electrons. The van der Waals surface area contributed by atoms with E-state index in [4.69, 9.17) is 10.5 Å². The summed E-state index contributed by atoms with van der Waals surface area (Å²) in [6.07, 6.45) is 1.08. The van der Waals surface area contributed by atoms with E-state index in [1.54, 1.807) is 7.11 Å². The summed E-state index contributed by atoms with van der Waals surface area (Å²) in [6.45, 7) is 7.33. The van der Waals surface area contributed by atoms with Crippen LogP contribution in [0.15, 0.2) is 29.3 Å². The summed E-state index contributed by atoms with van der Waals surface area (Å²) in [6, 6.07) is 8.58. The van der Waals surface area contributed by atoms with Crippen molar-refractivity contribution in [3.63, 3.8) is 0 Å². The topological polar surface area (TPSA) is 54.1 Å². The van der Waals surface area contributed by atoms with Gasteiger partial charge in [-0.1, -0.05) is 12.1 Å². The van der Waals surface area contributed by atoms with Crippen molar-refractivity contribution in [3.05, 3.63) is 24.3 Å². The fourth-order valence-electron chi connectivity index (χ4n) is 3.45. The maximum absolute atomic E-state index is 6.21. The molecule has 1 aromatic carbocycles. The standard InChI is InChI=1S/C16H24N4O/c1-12(2)19-9-8-16(11-19)10-18-15(17)20(16)13-6-4-5-7-14(13)21-3/h4-7,12H,8-11H2,1-3H3,(H2,17,18). The zero-order valence-corrected chi connectivity index (χ0v) is 13.0. The van der Waals surface area contributed by atoms with Crippen molar-refractivity contribution in [2.45, 2.75) is 31.8 Å². The highest BCUT2D eigenvalue weighted by Crippen LogP contribution is 2.40. The van der Waals surface area contributed by atoms with Crippen molar-refractivity contribution >= 4 is 11.6 Å². The molecule has 0 aliphatic carbocycles. The second-order valence-corrected chi connectivity index (χ2v) is 6.22. The molecule has 2 heterocycles. The Morgan fingerprint density at radius 1 is 1.33 bits per heavy atom. The number of para-hydroxylation sites is 2. The van der Waals surface area contributed by atoms with Crippen LogP contribution in [-0.4, -0.2) is 49.2 Å². The summed E-state index contributed by atoms with van der Waals surface area (Å²) >= 11 is 0. The Morgan fingerprint density at radius 2 is 2.10 bits per heavy atom. The third kappa shape index (κ3) is 2.25. The number of hydrogen-bond acceptors (Lipinski definition) is 5. The lowest BCUT2D eigenvalue weighted by Gasteiger charge is -2.37. The smallest absolute Gasteiger partial charge is 0.196 e. The van der Waals surface area contributed by atoms with E-state index in [1.807, 2.05) is 18.2 Å². The van der Waals surface area contributed by atoms with Crippen molar-refractivity contribution in [2.24, 2.45) is 10.7 Å². The van der Waals surface area contributed by atoms with E-state index in [9.17, 15) is 0 Å². The van der Waals surface area contributed by atoms with Crippen molar-refractivity contribution < 1.29 is 4.74 Å². The second kappa shape index (κ2) is 5.22. The van der Waals surface area contributed by atoms with Crippen molar-refractivity contribution in [2.75, 3.05) is 31.6 Å². The van der Waals surface area contributed by atoms with Crippen LogP contribution in [0, 0.1) is 0 Å². The largest absolute Gasteiger partial charge is 0.495 e. The summed E-state index contributed by atoms with van der Waals surface area (Å²) in [5.41, 5.74) is 7.21. The van der Waals surface area contributed by atoms with Gasteiger partial charge in [0.2, 0.25) is 0 Å². The number of likely N-dealkylation sites (tertiary alicyclic amines) is 1. The first kappa shape index (κ1) is 14.2. The third-order valence-corrected chi connectivity index (χ3v) is 4.66. The zero-order valence-electron chi connectivity index (χ0n) is 13.0. The lowest BCUT2D eigenvalue weighted by atomic mass is 9.96. The molecular weight excluding hydrogens is 264 g/mol. The summed E-state index contributed by atoms with van der Waals surface area (Å²) in [4.78, 5) is 9.22. The molecule has 1 fully saturated rings. The number of hydrogen-bond donors (Lipinski definition) is 1. The Morgan fingerprint density at radius 3 is 2.76 bits per heavy atom. The molecule has 0 aromatic heterocycles.